The highest BCUT2D eigenvalue weighted by Crippen LogP contribution is 2.58. The van der Waals surface area contributed by atoms with Crippen molar-refractivity contribution in [3.8, 4) is 33.4 Å². The predicted molar refractivity (Wildman–Crippen MR) is 274 cm³/mol. The molecule has 0 aromatic heterocycles. The summed E-state index contributed by atoms with van der Waals surface area (Å²) in [7, 11) is 0. The van der Waals surface area contributed by atoms with Crippen molar-refractivity contribution in [3.05, 3.63) is 240 Å². The zero-order valence-electron chi connectivity index (χ0n) is 37.2. The van der Waals surface area contributed by atoms with Crippen molar-refractivity contribution < 1.29 is 0 Å². The van der Waals surface area contributed by atoms with Gasteiger partial charge in [-0.2, -0.15) is 0 Å². The van der Waals surface area contributed by atoms with Crippen LogP contribution in [0.25, 0.3) is 54.9 Å². The van der Waals surface area contributed by atoms with Gasteiger partial charge in [0, 0.05) is 44.4 Å². The molecule has 2 heteroatoms. The summed E-state index contributed by atoms with van der Waals surface area (Å²) in [6.07, 6.45) is 0.916. The van der Waals surface area contributed by atoms with Crippen molar-refractivity contribution in [1.29, 1.82) is 0 Å². The molecule has 0 amide bonds. The van der Waals surface area contributed by atoms with Crippen LogP contribution in [0.3, 0.4) is 0 Å². The van der Waals surface area contributed by atoms with Gasteiger partial charge in [0.15, 0.2) is 0 Å². The molecule has 0 spiro atoms. The molecule has 0 saturated heterocycles. The van der Waals surface area contributed by atoms with Crippen LogP contribution in [0, 0.1) is 0 Å². The zero-order valence-corrected chi connectivity index (χ0v) is 37.2. The summed E-state index contributed by atoms with van der Waals surface area (Å²) >= 11 is 0. The lowest BCUT2D eigenvalue weighted by atomic mass is 9.79. The zero-order chi connectivity index (χ0) is 43.6. The molecule has 0 heterocycles. The van der Waals surface area contributed by atoms with E-state index in [-0.39, 0.29) is 10.8 Å². The summed E-state index contributed by atoms with van der Waals surface area (Å²) in [5.41, 5.74) is 23.3. The first kappa shape index (κ1) is 37.8. The molecule has 0 radical (unpaired) electrons. The van der Waals surface area contributed by atoms with E-state index >= 15 is 0 Å². The molecule has 3 aliphatic rings. The van der Waals surface area contributed by atoms with Crippen molar-refractivity contribution in [2.75, 3.05) is 9.80 Å². The fourth-order valence-electron chi connectivity index (χ4n) is 11.7. The Bertz CT molecular complexity index is 3570. The second kappa shape index (κ2) is 13.9. The number of hydrogen-bond acceptors (Lipinski definition) is 2. The second-order valence-corrected chi connectivity index (χ2v) is 19.3. The van der Waals surface area contributed by atoms with Crippen molar-refractivity contribution in [2.45, 2.75) is 44.9 Å². The summed E-state index contributed by atoms with van der Waals surface area (Å²) in [6, 6.07) is 76.9. The molecule has 0 N–H and O–H groups in total. The normalized spacial score (nSPS) is 14.3. The Hall–Kier alpha value is -7.68. The molecule has 0 fully saturated rings. The molecule has 13 rings (SSSR count). The van der Waals surface area contributed by atoms with E-state index in [0.29, 0.717) is 0 Å². The number of hydrogen-bond donors (Lipinski definition) is 0. The molecule has 65 heavy (non-hydrogen) atoms. The quantitative estimate of drug-likeness (QED) is 0.165. The lowest BCUT2D eigenvalue weighted by Gasteiger charge is -2.29. The fourth-order valence-corrected chi connectivity index (χ4v) is 11.7. The Balaban J connectivity index is 0.887. The van der Waals surface area contributed by atoms with Crippen LogP contribution in [-0.4, -0.2) is 0 Å². The summed E-state index contributed by atoms with van der Waals surface area (Å²) < 4.78 is 0. The van der Waals surface area contributed by atoms with Gasteiger partial charge in [-0.15, -0.1) is 0 Å². The summed E-state index contributed by atoms with van der Waals surface area (Å²) in [5, 5.41) is 4.96. The number of benzene rings is 10. The Kier molecular flexibility index (Phi) is 8.10. The van der Waals surface area contributed by atoms with Gasteiger partial charge < -0.3 is 9.80 Å². The summed E-state index contributed by atoms with van der Waals surface area (Å²) in [5.74, 6) is 0. The second-order valence-electron chi connectivity index (χ2n) is 19.3. The number of fused-ring (bicyclic) bond motifs is 11. The van der Waals surface area contributed by atoms with Crippen LogP contribution < -0.4 is 9.80 Å². The number of nitrogens with zero attached hydrogens (tertiary/aromatic N) is 2. The third-order valence-electron chi connectivity index (χ3n) is 15.0. The molecule has 310 valence electrons. The van der Waals surface area contributed by atoms with Gasteiger partial charge in [0.05, 0.1) is 11.4 Å². The Morgan fingerprint density at radius 1 is 0.308 bits per heavy atom. The molecule has 0 unspecified atom stereocenters. The molecule has 10 aromatic rings. The molecular formula is C63H48N2. The minimum Gasteiger partial charge on any atom is -0.310 e. The third kappa shape index (κ3) is 5.60. The van der Waals surface area contributed by atoms with E-state index in [1.54, 1.807) is 0 Å². The molecule has 3 aliphatic carbocycles. The van der Waals surface area contributed by atoms with Crippen molar-refractivity contribution in [1.82, 2.24) is 0 Å². The molecule has 0 atom stereocenters. The van der Waals surface area contributed by atoms with E-state index in [1.165, 1.54) is 111 Å². The van der Waals surface area contributed by atoms with Crippen molar-refractivity contribution in [3.63, 3.8) is 0 Å². The first-order valence-electron chi connectivity index (χ1n) is 23.0. The number of rotatable bonds is 6. The van der Waals surface area contributed by atoms with Crippen LogP contribution in [0.5, 0.6) is 0 Å². The molecular weight excluding hydrogens is 785 g/mol. The van der Waals surface area contributed by atoms with E-state index in [0.717, 1.165) is 17.8 Å². The SMILES string of the molecule is CC1(C)c2cc(N(c3ccccc3)c3cccc4ccccc34)ccc2-c2cc3c(cc21)-c1cc2c(cc1C3(C)C)-c1ccc(N(c3ccccc3)c3cccc4ccccc34)cc1C2. The standard InChI is InChI=1S/C63H48N2/c1-62(2)56-36-47(65(45-23-9-6-10-24-45)61-28-16-20-41-18-12-14-26-50(41)61)30-32-51(56)54-38-59-55(39-58(54)62)53-35-43-33-42-34-46(29-31-48(42)52(43)37-57(53)63(59,3)4)64(44-21-7-5-8-22-44)60-27-15-19-40-17-11-13-25-49(40)60/h5-32,34-39H,33H2,1-4H3. The molecule has 0 aliphatic heterocycles. The van der Waals surface area contributed by atoms with Crippen LogP contribution in [0.4, 0.5) is 34.1 Å². The number of para-hydroxylation sites is 2. The molecule has 0 bridgehead atoms. The molecule has 10 aromatic carbocycles. The molecule has 2 nitrogen and oxygen atoms in total. The van der Waals surface area contributed by atoms with Crippen LogP contribution in [-0.2, 0) is 17.3 Å². The van der Waals surface area contributed by atoms with Crippen molar-refractivity contribution in [2.24, 2.45) is 0 Å². The van der Waals surface area contributed by atoms with Crippen LogP contribution in [0.2, 0.25) is 0 Å². The van der Waals surface area contributed by atoms with E-state index in [1.807, 2.05) is 0 Å². The van der Waals surface area contributed by atoms with Crippen LogP contribution in [0.15, 0.2) is 206 Å². The van der Waals surface area contributed by atoms with Crippen molar-refractivity contribution >= 4 is 55.7 Å². The van der Waals surface area contributed by atoms with Gasteiger partial charge in [-0.1, -0.05) is 149 Å². The Morgan fingerprint density at radius 2 is 0.723 bits per heavy atom. The highest BCUT2D eigenvalue weighted by atomic mass is 15.1. The van der Waals surface area contributed by atoms with Gasteiger partial charge in [-0.05, 0) is 169 Å². The minimum atomic E-state index is -0.193. The smallest absolute Gasteiger partial charge is 0.0540 e. The van der Waals surface area contributed by atoms with E-state index in [4.69, 9.17) is 0 Å². The van der Waals surface area contributed by atoms with Gasteiger partial charge in [-0.3, -0.25) is 0 Å². The van der Waals surface area contributed by atoms with Crippen LogP contribution >= 0.6 is 0 Å². The number of anilines is 6. The van der Waals surface area contributed by atoms with Gasteiger partial charge in [0.1, 0.15) is 0 Å². The van der Waals surface area contributed by atoms with Gasteiger partial charge >= 0.3 is 0 Å². The van der Waals surface area contributed by atoms with E-state index < -0.39 is 0 Å². The first-order chi connectivity index (χ1) is 31.7. The van der Waals surface area contributed by atoms with E-state index in [9.17, 15) is 0 Å². The summed E-state index contributed by atoms with van der Waals surface area (Å²) in [4.78, 5) is 4.86. The van der Waals surface area contributed by atoms with Gasteiger partial charge in [0.25, 0.3) is 0 Å². The minimum absolute atomic E-state index is 0.152. The van der Waals surface area contributed by atoms with Crippen LogP contribution in [0.1, 0.15) is 61.1 Å². The Morgan fingerprint density at radius 3 is 1.29 bits per heavy atom. The Labute approximate surface area is 381 Å². The summed E-state index contributed by atoms with van der Waals surface area (Å²) in [6.45, 7) is 9.72. The largest absolute Gasteiger partial charge is 0.310 e. The average Bonchev–Trinajstić information content (AvgIpc) is 3.89. The molecule has 0 saturated carbocycles. The first-order valence-corrected chi connectivity index (χ1v) is 23.0. The highest BCUT2D eigenvalue weighted by molar-refractivity contribution is 6.01. The maximum atomic E-state index is 2.56. The topological polar surface area (TPSA) is 6.48 Å². The lowest BCUT2D eigenvalue weighted by molar-refractivity contribution is 0.652. The third-order valence-corrected chi connectivity index (χ3v) is 15.0. The average molecular weight is 833 g/mol. The van der Waals surface area contributed by atoms with Gasteiger partial charge in [0.2, 0.25) is 0 Å². The van der Waals surface area contributed by atoms with E-state index in [2.05, 4.69) is 244 Å². The van der Waals surface area contributed by atoms with Gasteiger partial charge in [-0.25, -0.2) is 0 Å². The predicted octanol–water partition coefficient (Wildman–Crippen LogP) is 17.1. The maximum Gasteiger partial charge on any atom is 0.0540 e. The lowest BCUT2D eigenvalue weighted by Crippen LogP contribution is -2.17. The highest BCUT2D eigenvalue weighted by Gasteiger charge is 2.43. The monoisotopic (exact) mass is 832 g/mol. The maximum absolute atomic E-state index is 2.56. The fraction of sp³-hybridized carbons (Fsp3) is 0.111.